The normalized spacial score (nSPS) is 15.9. The summed E-state index contributed by atoms with van der Waals surface area (Å²) in [6.07, 6.45) is 1.32. The Morgan fingerprint density at radius 1 is 1.08 bits per heavy atom. The smallest absolute Gasteiger partial charge is 0.312 e. The molecule has 0 bridgehead atoms. The van der Waals surface area contributed by atoms with Gasteiger partial charge in [0.1, 0.15) is 6.61 Å². The van der Waals surface area contributed by atoms with E-state index in [2.05, 4.69) is 11.8 Å². The summed E-state index contributed by atoms with van der Waals surface area (Å²) in [5.74, 6) is -0.285. The average molecular weight is 346 g/mol. The number of hydrogen-bond donors (Lipinski definition) is 0. The monoisotopic (exact) mass is 346 g/mol. The van der Waals surface area contributed by atoms with Gasteiger partial charge >= 0.3 is 5.97 Å². The molecule has 0 aliphatic carbocycles. The molecule has 0 aromatic heterocycles. The van der Waals surface area contributed by atoms with Crippen LogP contribution in [0.2, 0.25) is 0 Å². The van der Waals surface area contributed by atoms with Crippen LogP contribution < -0.4 is 0 Å². The summed E-state index contributed by atoms with van der Waals surface area (Å²) in [4.78, 5) is 29.2. The Kier molecular flexibility index (Phi) is 7.00. The lowest BCUT2D eigenvalue weighted by atomic mass is 9.88. The van der Waals surface area contributed by atoms with Crippen molar-refractivity contribution in [3.05, 3.63) is 35.9 Å². The molecule has 1 amide bonds. The number of rotatable bonds is 7. The van der Waals surface area contributed by atoms with Crippen LogP contribution >= 0.6 is 0 Å². The number of hydrogen-bond acceptors (Lipinski definition) is 4. The van der Waals surface area contributed by atoms with Crippen molar-refractivity contribution in [3.8, 4) is 0 Å². The maximum atomic E-state index is 12.6. The summed E-state index contributed by atoms with van der Waals surface area (Å²) < 4.78 is 5.41. The van der Waals surface area contributed by atoms with Gasteiger partial charge in [0.2, 0.25) is 5.91 Å². The Hall–Kier alpha value is -1.88. The highest BCUT2D eigenvalue weighted by Gasteiger charge is 2.34. The lowest BCUT2D eigenvalue weighted by Gasteiger charge is -2.36. The van der Waals surface area contributed by atoms with E-state index in [-0.39, 0.29) is 24.9 Å². The third kappa shape index (κ3) is 5.85. The molecule has 1 aliphatic rings. The first kappa shape index (κ1) is 19.4. The van der Waals surface area contributed by atoms with Crippen LogP contribution in [-0.2, 0) is 20.9 Å². The second-order valence-corrected chi connectivity index (χ2v) is 7.34. The molecule has 1 heterocycles. The van der Waals surface area contributed by atoms with Gasteiger partial charge in [-0.1, -0.05) is 37.3 Å². The van der Waals surface area contributed by atoms with Gasteiger partial charge in [-0.25, -0.2) is 0 Å². The lowest BCUT2D eigenvalue weighted by molar-refractivity contribution is -0.159. The van der Waals surface area contributed by atoms with Crippen LogP contribution in [0.25, 0.3) is 0 Å². The zero-order valence-corrected chi connectivity index (χ0v) is 15.7. The van der Waals surface area contributed by atoms with Crippen LogP contribution in [0.4, 0.5) is 0 Å². The highest BCUT2D eigenvalue weighted by atomic mass is 16.5. The number of amides is 1. The first-order valence-corrected chi connectivity index (χ1v) is 9.13. The van der Waals surface area contributed by atoms with Gasteiger partial charge in [0, 0.05) is 32.6 Å². The summed E-state index contributed by atoms with van der Waals surface area (Å²) in [7, 11) is 0. The summed E-state index contributed by atoms with van der Waals surface area (Å²) in [6, 6.07) is 9.59. The van der Waals surface area contributed by atoms with Crippen molar-refractivity contribution >= 4 is 11.9 Å². The highest BCUT2D eigenvalue weighted by Crippen LogP contribution is 2.24. The molecular formula is C20H30N2O3. The van der Waals surface area contributed by atoms with Crippen molar-refractivity contribution in [1.82, 2.24) is 9.80 Å². The van der Waals surface area contributed by atoms with Crippen LogP contribution in [0.5, 0.6) is 0 Å². The quantitative estimate of drug-likeness (QED) is 0.712. The minimum atomic E-state index is -0.813. The van der Waals surface area contributed by atoms with E-state index in [0.717, 1.165) is 44.7 Å². The Bertz CT molecular complexity index is 564. The van der Waals surface area contributed by atoms with Gasteiger partial charge in [0.25, 0.3) is 0 Å². The van der Waals surface area contributed by atoms with Crippen LogP contribution in [0.1, 0.15) is 39.2 Å². The molecule has 5 heteroatoms. The zero-order chi connectivity index (χ0) is 18.3. The van der Waals surface area contributed by atoms with Crippen molar-refractivity contribution in [1.29, 1.82) is 0 Å². The van der Waals surface area contributed by atoms with Crippen LogP contribution in [0.15, 0.2) is 30.3 Å². The molecule has 1 aliphatic heterocycles. The number of benzene rings is 1. The fourth-order valence-corrected chi connectivity index (χ4v) is 3.02. The predicted octanol–water partition coefficient (Wildman–Crippen LogP) is 2.70. The van der Waals surface area contributed by atoms with Crippen molar-refractivity contribution < 1.29 is 14.3 Å². The largest absolute Gasteiger partial charge is 0.460 e. The van der Waals surface area contributed by atoms with Gasteiger partial charge in [-0.05, 0) is 32.4 Å². The Morgan fingerprint density at radius 3 is 2.32 bits per heavy atom. The van der Waals surface area contributed by atoms with E-state index in [1.165, 1.54) is 0 Å². The number of nitrogens with zero attached hydrogens (tertiary/aromatic N) is 2. The molecule has 5 nitrogen and oxygen atoms in total. The van der Waals surface area contributed by atoms with Crippen LogP contribution in [0.3, 0.4) is 0 Å². The Labute approximate surface area is 150 Å². The Morgan fingerprint density at radius 2 is 1.72 bits per heavy atom. The van der Waals surface area contributed by atoms with E-state index in [0.29, 0.717) is 0 Å². The fourth-order valence-electron chi connectivity index (χ4n) is 3.02. The summed E-state index contributed by atoms with van der Waals surface area (Å²) in [5, 5.41) is 0. The fraction of sp³-hybridized carbons (Fsp3) is 0.600. The van der Waals surface area contributed by atoms with Crippen LogP contribution in [0, 0.1) is 5.41 Å². The molecule has 0 unspecified atom stereocenters. The number of esters is 1. The topological polar surface area (TPSA) is 49.9 Å². The van der Waals surface area contributed by atoms with E-state index in [4.69, 9.17) is 4.74 Å². The van der Waals surface area contributed by atoms with Gasteiger partial charge in [0.15, 0.2) is 0 Å². The molecule has 1 aromatic carbocycles. The lowest BCUT2D eigenvalue weighted by Crippen LogP contribution is -2.49. The molecule has 1 fully saturated rings. The molecular weight excluding hydrogens is 316 g/mol. The molecule has 2 rings (SSSR count). The van der Waals surface area contributed by atoms with Crippen molar-refractivity contribution in [2.75, 3.05) is 32.7 Å². The first-order chi connectivity index (χ1) is 11.9. The summed E-state index contributed by atoms with van der Waals surface area (Å²) in [5.41, 5.74) is 0.136. The Balaban J connectivity index is 1.81. The summed E-state index contributed by atoms with van der Waals surface area (Å²) in [6.45, 7) is 10.4. The van der Waals surface area contributed by atoms with Crippen molar-refractivity contribution in [2.24, 2.45) is 5.41 Å². The number of carbonyl (C=O) groups is 2. The van der Waals surface area contributed by atoms with E-state index >= 15 is 0 Å². The van der Waals surface area contributed by atoms with E-state index in [1.54, 1.807) is 13.8 Å². The molecule has 1 saturated heterocycles. The SMILES string of the molecule is CCCN1CCN(C(=O)CC(C)(C)C(=O)OCc2ccccc2)CC1. The second-order valence-electron chi connectivity index (χ2n) is 7.34. The molecule has 0 spiro atoms. The van der Waals surface area contributed by atoms with E-state index in [9.17, 15) is 9.59 Å². The van der Waals surface area contributed by atoms with Gasteiger partial charge in [0.05, 0.1) is 5.41 Å². The molecule has 0 saturated carbocycles. The zero-order valence-electron chi connectivity index (χ0n) is 15.7. The molecule has 0 atom stereocenters. The summed E-state index contributed by atoms with van der Waals surface area (Å²) >= 11 is 0. The molecule has 1 aromatic rings. The third-order valence-electron chi connectivity index (χ3n) is 4.62. The van der Waals surface area contributed by atoms with Gasteiger partial charge in [-0.15, -0.1) is 0 Å². The van der Waals surface area contributed by atoms with E-state index < -0.39 is 5.41 Å². The van der Waals surface area contributed by atoms with Gasteiger partial charge < -0.3 is 9.64 Å². The average Bonchev–Trinajstić information content (AvgIpc) is 2.61. The molecule has 0 radical (unpaired) electrons. The van der Waals surface area contributed by atoms with Crippen molar-refractivity contribution in [3.63, 3.8) is 0 Å². The second kappa shape index (κ2) is 8.99. The van der Waals surface area contributed by atoms with Crippen molar-refractivity contribution in [2.45, 2.75) is 40.2 Å². The number of carbonyl (C=O) groups excluding carboxylic acids is 2. The third-order valence-corrected chi connectivity index (χ3v) is 4.62. The first-order valence-electron chi connectivity index (χ1n) is 9.13. The molecule has 0 N–H and O–H groups in total. The van der Waals surface area contributed by atoms with E-state index in [1.807, 2.05) is 35.2 Å². The predicted molar refractivity (Wildman–Crippen MR) is 97.9 cm³/mol. The number of ether oxygens (including phenoxy) is 1. The highest BCUT2D eigenvalue weighted by molar-refractivity contribution is 5.85. The maximum absolute atomic E-state index is 12.6. The molecule has 138 valence electrons. The maximum Gasteiger partial charge on any atom is 0.312 e. The minimum absolute atomic E-state index is 0.0396. The standard InChI is InChI=1S/C20H30N2O3/c1-4-10-21-11-13-22(14-12-21)18(23)15-20(2,3)19(24)25-16-17-8-6-5-7-9-17/h5-9H,4,10-16H2,1-3H3. The van der Waals surface area contributed by atoms with Gasteiger partial charge in [-0.2, -0.15) is 0 Å². The number of piperazine rings is 1. The molecule has 25 heavy (non-hydrogen) atoms. The minimum Gasteiger partial charge on any atom is -0.460 e. The van der Waals surface area contributed by atoms with Gasteiger partial charge in [-0.3, -0.25) is 14.5 Å². The van der Waals surface area contributed by atoms with Crippen LogP contribution in [-0.4, -0.2) is 54.4 Å².